The second-order valence-corrected chi connectivity index (χ2v) is 5.06. The van der Waals surface area contributed by atoms with E-state index in [4.69, 9.17) is 5.14 Å². The lowest BCUT2D eigenvalue weighted by atomic mass is 10.2. The molecule has 1 heterocycles. The number of aromatic nitrogens is 1. The molecule has 0 bridgehead atoms. The van der Waals surface area contributed by atoms with Gasteiger partial charge in [-0.15, -0.1) is 0 Å². The molecule has 0 saturated carbocycles. The lowest BCUT2D eigenvalue weighted by Crippen LogP contribution is -2.16. The van der Waals surface area contributed by atoms with Crippen molar-refractivity contribution in [3.05, 3.63) is 21.8 Å². The Morgan fingerprint density at radius 3 is 2.47 bits per heavy atom. The molecular formula is C7H7BrF2N2O2S. The lowest BCUT2D eigenvalue weighted by molar-refractivity contribution is 0.149. The minimum absolute atomic E-state index is 0.0935. The van der Waals surface area contributed by atoms with Gasteiger partial charge in [-0.3, -0.25) is 0 Å². The predicted molar refractivity (Wildman–Crippen MR) is 53.0 cm³/mol. The summed E-state index contributed by atoms with van der Waals surface area (Å²) in [6.45, 7) is 1.35. The molecule has 1 aromatic heterocycles. The van der Waals surface area contributed by atoms with Gasteiger partial charge < -0.3 is 0 Å². The molecule has 84 valence electrons. The number of sulfonamides is 1. The van der Waals surface area contributed by atoms with Crippen LogP contribution in [-0.4, -0.2) is 13.4 Å². The summed E-state index contributed by atoms with van der Waals surface area (Å²) in [5, 5.41) is 4.45. The third kappa shape index (κ3) is 2.70. The van der Waals surface area contributed by atoms with E-state index in [1.54, 1.807) is 0 Å². The van der Waals surface area contributed by atoms with Gasteiger partial charge in [-0.2, -0.15) is 0 Å². The van der Waals surface area contributed by atoms with E-state index >= 15 is 0 Å². The number of rotatable bonds is 2. The Morgan fingerprint density at radius 2 is 2.07 bits per heavy atom. The van der Waals surface area contributed by atoms with Crippen LogP contribution in [0.1, 0.15) is 17.6 Å². The minimum atomic E-state index is -3.98. The molecule has 1 aromatic rings. The van der Waals surface area contributed by atoms with Crippen LogP contribution in [0.15, 0.2) is 15.7 Å². The number of nitrogens with zero attached hydrogens (tertiary/aromatic N) is 1. The van der Waals surface area contributed by atoms with Crippen LogP contribution in [0.25, 0.3) is 0 Å². The van der Waals surface area contributed by atoms with E-state index in [0.717, 1.165) is 6.07 Å². The Morgan fingerprint density at radius 1 is 1.53 bits per heavy atom. The van der Waals surface area contributed by atoms with E-state index in [0.29, 0.717) is 0 Å². The quantitative estimate of drug-likeness (QED) is 0.846. The normalized spacial score (nSPS) is 12.1. The van der Waals surface area contributed by atoms with Crippen molar-refractivity contribution in [2.24, 2.45) is 5.14 Å². The topological polar surface area (TPSA) is 73.0 Å². The zero-order chi connectivity index (χ0) is 11.8. The van der Waals surface area contributed by atoms with Crippen LogP contribution < -0.4 is 5.14 Å². The summed E-state index contributed by atoms with van der Waals surface area (Å²) < 4.78 is 46.5. The number of aryl methyl sites for hydroxylation is 1. The molecule has 0 aliphatic carbocycles. The largest absolute Gasteiger partial charge is 0.266 e. The average Bonchev–Trinajstić information content (AvgIpc) is 2.06. The van der Waals surface area contributed by atoms with E-state index in [1.165, 1.54) is 6.92 Å². The van der Waals surface area contributed by atoms with Gasteiger partial charge in [0.1, 0.15) is 4.60 Å². The summed E-state index contributed by atoms with van der Waals surface area (Å²) >= 11 is 2.76. The number of halogens is 3. The zero-order valence-electron chi connectivity index (χ0n) is 7.54. The Labute approximate surface area is 93.7 Å². The monoisotopic (exact) mass is 300 g/mol. The van der Waals surface area contributed by atoms with Gasteiger partial charge in [0, 0.05) is 0 Å². The van der Waals surface area contributed by atoms with Crippen LogP contribution in [0.2, 0.25) is 0 Å². The second-order valence-electron chi connectivity index (χ2n) is 2.84. The van der Waals surface area contributed by atoms with Gasteiger partial charge in [-0.1, -0.05) is 0 Å². The van der Waals surface area contributed by atoms with Crippen molar-refractivity contribution in [3.63, 3.8) is 0 Å². The van der Waals surface area contributed by atoms with Gasteiger partial charge in [0.2, 0.25) is 0 Å². The maximum Gasteiger partial charge on any atom is 0.266 e. The van der Waals surface area contributed by atoms with Crippen molar-refractivity contribution >= 4 is 26.0 Å². The van der Waals surface area contributed by atoms with Gasteiger partial charge in [-0.25, -0.2) is 27.3 Å². The van der Waals surface area contributed by atoms with Gasteiger partial charge in [-0.05, 0) is 34.5 Å². The Hall–Kier alpha value is -0.600. The van der Waals surface area contributed by atoms with Gasteiger partial charge in [0.25, 0.3) is 16.4 Å². The number of hydrogen-bond acceptors (Lipinski definition) is 3. The second kappa shape index (κ2) is 4.11. The third-order valence-corrected chi connectivity index (χ3v) is 3.24. The molecule has 0 aliphatic rings. The number of hydrogen-bond donors (Lipinski definition) is 1. The maximum atomic E-state index is 12.4. The first kappa shape index (κ1) is 12.5. The van der Waals surface area contributed by atoms with E-state index in [9.17, 15) is 17.2 Å². The molecule has 0 fully saturated rings. The first-order chi connectivity index (χ1) is 6.73. The molecule has 0 saturated heterocycles. The molecule has 0 radical (unpaired) electrons. The summed E-state index contributed by atoms with van der Waals surface area (Å²) in [4.78, 5) is 3.49. The Balaban J connectivity index is 3.46. The van der Waals surface area contributed by atoms with Crippen LogP contribution >= 0.6 is 15.9 Å². The summed E-state index contributed by atoms with van der Waals surface area (Å²) in [6, 6.07) is 1.04. The first-order valence-electron chi connectivity index (χ1n) is 3.71. The highest BCUT2D eigenvalue weighted by Crippen LogP contribution is 2.28. The molecule has 15 heavy (non-hydrogen) atoms. The van der Waals surface area contributed by atoms with Gasteiger partial charge >= 0.3 is 0 Å². The minimum Gasteiger partial charge on any atom is -0.227 e. The van der Waals surface area contributed by atoms with Crippen molar-refractivity contribution in [2.45, 2.75) is 18.4 Å². The van der Waals surface area contributed by atoms with Crippen LogP contribution in [0.5, 0.6) is 0 Å². The van der Waals surface area contributed by atoms with Crippen LogP contribution in [0, 0.1) is 6.92 Å². The number of alkyl halides is 2. The van der Waals surface area contributed by atoms with E-state index in [2.05, 4.69) is 20.9 Å². The number of nitrogens with two attached hydrogens (primary N) is 1. The third-order valence-electron chi connectivity index (χ3n) is 1.65. The molecule has 0 amide bonds. The van der Waals surface area contributed by atoms with Crippen molar-refractivity contribution in [2.75, 3.05) is 0 Å². The SMILES string of the molecule is Cc1cc(C(F)F)c(Br)nc1S(N)(=O)=O. The predicted octanol–water partition coefficient (Wildman–Crippen LogP) is 1.74. The number of primary sulfonamides is 1. The molecular weight excluding hydrogens is 294 g/mol. The van der Waals surface area contributed by atoms with E-state index < -0.39 is 21.5 Å². The Kier molecular flexibility index (Phi) is 3.41. The van der Waals surface area contributed by atoms with Gasteiger partial charge in [0.15, 0.2) is 5.03 Å². The summed E-state index contributed by atoms with van der Waals surface area (Å²) in [7, 11) is -3.98. The fourth-order valence-corrected chi connectivity index (χ4v) is 2.35. The van der Waals surface area contributed by atoms with Crippen LogP contribution in [0.3, 0.4) is 0 Å². The maximum absolute atomic E-state index is 12.4. The molecule has 0 unspecified atom stereocenters. The van der Waals surface area contributed by atoms with E-state index in [-0.39, 0.29) is 15.7 Å². The highest BCUT2D eigenvalue weighted by Gasteiger charge is 2.20. The molecule has 0 atom stereocenters. The molecule has 4 nitrogen and oxygen atoms in total. The highest BCUT2D eigenvalue weighted by atomic mass is 79.9. The number of pyridine rings is 1. The molecule has 0 spiro atoms. The molecule has 0 aliphatic heterocycles. The molecule has 0 aromatic carbocycles. The fraction of sp³-hybridized carbons (Fsp3) is 0.286. The standard InChI is InChI=1S/C7H7BrF2N2O2S/c1-3-2-4(6(9)10)5(8)12-7(3)15(11,13)14/h2,6H,1H3,(H2,11,13,14). The summed E-state index contributed by atoms with van der Waals surface area (Å²) in [5.41, 5.74) is -0.268. The fourth-order valence-electron chi connectivity index (χ4n) is 1.04. The molecule has 2 N–H and O–H groups in total. The van der Waals surface area contributed by atoms with Crippen LogP contribution in [0.4, 0.5) is 8.78 Å². The molecule has 1 rings (SSSR count). The van der Waals surface area contributed by atoms with Crippen molar-refractivity contribution < 1.29 is 17.2 Å². The lowest BCUT2D eigenvalue weighted by Gasteiger charge is -2.07. The van der Waals surface area contributed by atoms with Gasteiger partial charge in [0.05, 0.1) is 5.56 Å². The smallest absolute Gasteiger partial charge is 0.227 e. The summed E-state index contributed by atoms with van der Waals surface area (Å²) in [5.74, 6) is 0. The zero-order valence-corrected chi connectivity index (χ0v) is 9.94. The van der Waals surface area contributed by atoms with Crippen molar-refractivity contribution in [1.82, 2.24) is 4.98 Å². The molecule has 8 heteroatoms. The van der Waals surface area contributed by atoms with E-state index in [1.807, 2.05) is 0 Å². The first-order valence-corrected chi connectivity index (χ1v) is 6.05. The van der Waals surface area contributed by atoms with Crippen LogP contribution in [-0.2, 0) is 10.0 Å². The Bertz CT molecular complexity index is 490. The highest BCUT2D eigenvalue weighted by molar-refractivity contribution is 9.10. The average molecular weight is 301 g/mol. The summed E-state index contributed by atoms with van der Waals surface area (Å²) in [6.07, 6.45) is -2.72. The van der Waals surface area contributed by atoms with Crippen molar-refractivity contribution in [3.8, 4) is 0 Å². The van der Waals surface area contributed by atoms with Crippen molar-refractivity contribution in [1.29, 1.82) is 0 Å².